The van der Waals surface area contributed by atoms with E-state index in [1.54, 1.807) is 25.1 Å². The topological polar surface area (TPSA) is 93.9 Å². The van der Waals surface area contributed by atoms with Crippen molar-refractivity contribution < 1.29 is 23.6 Å². The lowest BCUT2D eigenvalue weighted by Crippen LogP contribution is -2.43. The maximum absolute atomic E-state index is 13.3. The number of likely N-dealkylation sites (tertiary alicyclic amines) is 1. The van der Waals surface area contributed by atoms with Crippen molar-refractivity contribution in [2.75, 3.05) is 31.6 Å². The van der Waals surface area contributed by atoms with Crippen LogP contribution in [0.1, 0.15) is 40.6 Å². The van der Waals surface area contributed by atoms with E-state index in [2.05, 4.69) is 15.4 Å². The molecule has 3 heterocycles. The predicted octanol–water partition coefficient (Wildman–Crippen LogP) is 4.03. The lowest BCUT2D eigenvalue weighted by molar-refractivity contribution is -0.122. The molecule has 8 nitrogen and oxygen atoms in total. The molecule has 1 amide bonds. The van der Waals surface area contributed by atoms with Crippen LogP contribution >= 0.6 is 0 Å². The van der Waals surface area contributed by atoms with Gasteiger partial charge in [-0.25, -0.2) is 0 Å². The van der Waals surface area contributed by atoms with Gasteiger partial charge in [0.2, 0.25) is 5.91 Å². The fourth-order valence-corrected chi connectivity index (χ4v) is 4.64. The summed E-state index contributed by atoms with van der Waals surface area (Å²) in [5, 5.41) is 6.76. The first-order chi connectivity index (χ1) is 16.6. The van der Waals surface area contributed by atoms with Crippen LogP contribution in [-0.2, 0) is 4.79 Å². The van der Waals surface area contributed by atoms with Crippen LogP contribution in [0, 0.1) is 12.8 Å². The summed E-state index contributed by atoms with van der Waals surface area (Å²) < 4.78 is 16.3. The molecule has 0 unspecified atom stereocenters. The Kier molecular flexibility index (Phi) is 6.31. The molecule has 0 radical (unpaired) electrons. The summed E-state index contributed by atoms with van der Waals surface area (Å²) in [6.07, 6.45) is 1.35. The molecule has 1 N–H and O–H groups in total. The van der Waals surface area contributed by atoms with E-state index in [0.29, 0.717) is 67.8 Å². The molecule has 176 valence electrons. The third kappa shape index (κ3) is 4.68. The van der Waals surface area contributed by atoms with Gasteiger partial charge < -0.3 is 19.3 Å². The van der Waals surface area contributed by atoms with E-state index in [1.165, 1.54) is 0 Å². The molecular weight excluding hydrogens is 434 g/mol. The third-order valence-corrected chi connectivity index (χ3v) is 6.34. The van der Waals surface area contributed by atoms with Gasteiger partial charge in [-0.05, 0) is 56.6 Å². The number of piperidine rings is 1. The Morgan fingerprint density at radius 1 is 1.00 bits per heavy atom. The average molecular weight is 462 g/mol. The number of ether oxygens (including phenoxy) is 2. The Morgan fingerprint density at radius 2 is 1.74 bits per heavy atom. The maximum atomic E-state index is 13.3. The Labute approximate surface area is 197 Å². The highest BCUT2D eigenvalue weighted by molar-refractivity contribution is 5.98. The minimum absolute atomic E-state index is 0.100. The number of nitrogens with one attached hydrogen (secondary N) is 1. The number of nitrogens with zero attached hydrogens (tertiary/aromatic N) is 2. The van der Waals surface area contributed by atoms with Crippen LogP contribution < -0.4 is 14.8 Å². The summed E-state index contributed by atoms with van der Waals surface area (Å²) in [5.41, 5.74) is 1.54. The van der Waals surface area contributed by atoms with Gasteiger partial charge >= 0.3 is 0 Å². The molecule has 2 aromatic carbocycles. The quantitative estimate of drug-likeness (QED) is 0.554. The predicted molar refractivity (Wildman–Crippen MR) is 125 cm³/mol. The monoisotopic (exact) mass is 461 g/mol. The van der Waals surface area contributed by atoms with E-state index in [4.69, 9.17) is 14.0 Å². The number of fused-ring (bicyclic) bond motifs is 1. The highest BCUT2D eigenvalue weighted by Crippen LogP contribution is 2.34. The minimum atomic E-state index is -0.483. The van der Waals surface area contributed by atoms with Crippen molar-refractivity contribution in [3.8, 4) is 11.5 Å². The molecular formula is C26H27N3O5. The van der Waals surface area contributed by atoms with Crippen molar-refractivity contribution in [3.63, 3.8) is 0 Å². The second-order valence-electron chi connectivity index (χ2n) is 8.66. The van der Waals surface area contributed by atoms with Gasteiger partial charge in [-0.15, -0.1) is 0 Å². The normalized spacial score (nSPS) is 17.2. The standard InChI is InChI=1S/C26H27N3O5/c1-17-15-23(28-34-17)27-26(31)24(18-5-3-2-4-6-18)29-11-9-19(10-12-29)25(30)20-7-8-21-22(16-20)33-14-13-32-21/h2-8,15-16,19,24H,9-14H2,1H3,(H,27,28,31)/t24-/m1/s1. The maximum Gasteiger partial charge on any atom is 0.247 e. The van der Waals surface area contributed by atoms with Gasteiger partial charge in [-0.3, -0.25) is 14.5 Å². The summed E-state index contributed by atoms with van der Waals surface area (Å²) in [4.78, 5) is 28.6. The number of benzene rings is 2. The fraction of sp³-hybridized carbons (Fsp3) is 0.346. The zero-order valence-electron chi connectivity index (χ0n) is 19.0. The number of aryl methyl sites for hydroxylation is 1. The van der Waals surface area contributed by atoms with E-state index >= 15 is 0 Å². The summed E-state index contributed by atoms with van der Waals surface area (Å²) in [7, 11) is 0. The average Bonchev–Trinajstić information content (AvgIpc) is 3.28. The molecule has 1 aromatic heterocycles. The molecule has 1 atom stereocenters. The molecule has 0 aliphatic carbocycles. The number of aromatic nitrogens is 1. The zero-order valence-corrected chi connectivity index (χ0v) is 19.0. The second kappa shape index (κ2) is 9.69. The molecule has 2 aliphatic rings. The van der Waals surface area contributed by atoms with Crippen molar-refractivity contribution in [1.29, 1.82) is 0 Å². The molecule has 1 saturated heterocycles. The lowest BCUT2D eigenvalue weighted by Gasteiger charge is -2.36. The Balaban J connectivity index is 1.28. The van der Waals surface area contributed by atoms with Gasteiger partial charge in [-0.2, -0.15) is 0 Å². The number of anilines is 1. The SMILES string of the molecule is Cc1cc(NC(=O)[C@@H](c2ccccc2)N2CCC(C(=O)c3ccc4c(c3)OCCO4)CC2)no1. The number of amides is 1. The van der Waals surface area contributed by atoms with Crippen LogP contribution in [0.25, 0.3) is 0 Å². The lowest BCUT2D eigenvalue weighted by atomic mass is 9.87. The number of ketones is 1. The van der Waals surface area contributed by atoms with E-state index in [1.807, 2.05) is 36.4 Å². The number of carbonyl (C=O) groups is 2. The molecule has 0 bridgehead atoms. The highest BCUT2D eigenvalue weighted by Gasteiger charge is 2.34. The summed E-state index contributed by atoms with van der Waals surface area (Å²) in [6.45, 7) is 4.05. The van der Waals surface area contributed by atoms with Crippen molar-refractivity contribution in [3.05, 3.63) is 71.5 Å². The Hall–Kier alpha value is -3.65. The van der Waals surface area contributed by atoms with Crippen LogP contribution in [0.3, 0.4) is 0 Å². The van der Waals surface area contributed by atoms with Gasteiger partial charge in [0, 0.05) is 17.5 Å². The van der Waals surface area contributed by atoms with Crippen LogP contribution in [0.5, 0.6) is 11.5 Å². The first kappa shape index (κ1) is 22.2. The van der Waals surface area contributed by atoms with Crippen molar-refractivity contribution in [1.82, 2.24) is 10.1 Å². The molecule has 3 aromatic rings. The van der Waals surface area contributed by atoms with Gasteiger partial charge in [0.25, 0.3) is 0 Å². The zero-order chi connectivity index (χ0) is 23.5. The molecule has 0 spiro atoms. The van der Waals surface area contributed by atoms with Crippen LogP contribution in [-0.4, -0.2) is 48.1 Å². The van der Waals surface area contributed by atoms with E-state index < -0.39 is 6.04 Å². The van der Waals surface area contributed by atoms with Gasteiger partial charge in [0.05, 0.1) is 0 Å². The molecule has 5 rings (SSSR count). The van der Waals surface area contributed by atoms with Crippen LogP contribution in [0.2, 0.25) is 0 Å². The van der Waals surface area contributed by atoms with Gasteiger partial charge in [-0.1, -0.05) is 35.5 Å². The van der Waals surface area contributed by atoms with Gasteiger partial charge in [0.1, 0.15) is 25.0 Å². The van der Waals surface area contributed by atoms with E-state index in [9.17, 15) is 9.59 Å². The summed E-state index contributed by atoms with van der Waals surface area (Å²) in [5.74, 6) is 2.16. The number of rotatable bonds is 6. The molecule has 0 saturated carbocycles. The first-order valence-corrected chi connectivity index (χ1v) is 11.6. The Bertz CT molecular complexity index is 1170. The van der Waals surface area contributed by atoms with E-state index in [-0.39, 0.29) is 17.6 Å². The third-order valence-electron chi connectivity index (χ3n) is 6.34. The minimum Gasteiger partial charge on any atom is -0.486 e. The molecule has 1 fully saturated rings. The summed E-state index contributed by atoms with van der Waals surface area (Å²) >= 11 is 0. The van der Waals surface area contributed by atoms with Crippen LogP contribution in [0.15, 0.2) is 59.1 Å². The van der Waals surface area contributed by atoms with Crippen molar-refractivity contribution in [2.24, 2.45) is 5.92 Å². The van der Waals surface area contributed by atoms with Crippen LogP contribution in [0.4, 0.5) is 5.82 Å². The van der Waals surface area contributed by atoms with E-state index in [0.717, 1.165) is 5.56 Å². The largest absolute Gasteiger partial charge is 0.486 e. The number of hydrogen-bond donors (Lipinski definition) is 1. The van der Waals surface area contributed by atoms with Gasteiger partial charge in [0.15, 0.2) is 23.1 Å². The number of Topliss-reactive ketones (excluding diaryl/α,β-unsaturated/α-hetero) is 1. The summed E-state index contributed by atoms with van der Waals surface area (Å²) in [6, 6.07) is 16.3. The number of carbonyl (C=O) groups excluding carboxylic acids is 2. The molecule has 2 aliphatic heterocycles. The smallest absolute Gasteiger partial charge is 0.247 e. The second-order valence-corrected chi connectivity index (χ2v) is 8.66. The molecule has 8 heteroatoms. The number of hydrogen-bond acceptors (Lipinski definition) is 7. The molecule has 34 heavy (non-hydrogen) atoms. The van der Waals surface area contributed by atoms with Crippen molar-refractivity contribution >= 4 is 17.5 Å². The van der Waals surface area contributed by atoms with Crippen molar-refractivity contribution in [2.45, 2.75) is 25.8 Å². The first-order valence-electron chi connectivity index (χ1n) is 11.6. The Morgan fingerprint density at radius 3 is 2.44 bits per heavy atom. The fourth-order valence-electron chi connectivity index (χ4n) is 4.64. The highest BCUT2D eigenvalue weighted by atomic mass is 16.6.